The largest absolute Gasteiger partial charge is 0.444 e. The molecule has 0 aliphatic carbocycles. The van der Waals surface area contributed by atoms with Crippen molar-refractivity contribution in [1.82, 2.24) is 4.90 Å². The van der Waals surface area contributed by atoms with Crippen LogP contribution in [-0.4, -0.2) is 63.3 Å². The summed E-state index contributed by atoms with van der Waals surface area (Å²) in [6, 6.07) is 9.72. The molecular formula is C29H32F4N4O4S2. The van der Waals surface area contributed by atoms with Crippen molar-refractivity contribution in [2.24, 2.45) is 5.14 Å². The number of nitrogens with zero attached hydrogens (tertiary/aromatic N) is 1. The standard InChI is InChI=1S/C29H32F4N4O4S2/c1-29(2,3)41-28(38)37-15-13-21(20(30)16-37)36-22-7-4-6-19-24(25(31)27(32)33)23(42-26(19)22)8-5-14-35-17-9-11-18(12-10-17)43(34,39)40/h4,6-7,9-12,20-21,25,27,35-36H,13-16H2,1-3H3,(H2,34,39,40). The summed E-state index contributed by atoms with van der Waals surface area (Å²) in [4.78, 5) is 13.7. The number of hydrogen-bond acceptors (Lipinski definition) is 7. The fourth-order valence-corrected chi connectivity index (χ4v) is 6.24. The number of fused-ring (bicyclic) bond motifs is 1. The fraction of sp³-hybridized carbons (Fsp3) is 0.414. The first kappa shape index (κ1) is 32.4. The predicted molar refractivity (Wildman–Crippen MR) is 160 cm³/mol. The van der Waals surface area contributed by atoms with E-state index in [4.69, 9.17) is 9.88 Å². The van der Waals surface area contributed by atoms with Crippen LogP contribution in [0, 0.1) is 11.8 Å². The lowest BCUT2D eigenvalue weighted by Gasteiger charge is -2.36. The van der Waals surface area contributed by atoms with Gasteiger partial charge < -0.3 is 20.3 Å². The number of hydrogen-bond donors (Lipinski definition) is 3. The van der Waals surface area contributed by atoms with Crippen molar-refractivity contribution in [1.29, 1.82) is 0 Å². The summed E-state index contributed by atoms with van der Waals surface area (Å²) in [7, 11) is -3.84. The van der Waals surface area contributed by atoms with E-state index in [0.29, 0.717) is 16.1 Å². The van der Waals surface area contributed by atoms with Crippen molar-refractivity contribution in [3.8, 4) is 11.8 Å². The Bertz CT molecular complexity index is 1630. The Balaban J connectivity index is 1.53. The van der Waals surface area contributed by atoms with Gasteiger partial charge in [-0.05, 0) is 57.5 Å². The summed E-state index contributed by atoms with van der Waals surface area (Å²) >= 11 is 1.02. The Morgan fingerprint density at radius 1 is 1.19 bits per heavy atom. The maximum Gasteiger partial charge on any atom is 0.410 e. The quantitative estimate of drug-likeness (QED) is 0.214. The van der Waals surface area contributed by atoms with E-state index >= 15 is 4.39 Å². The zero-order valence-electron chi connectivity index (χ0n) is 23.7. The van der Waals surface area contributed by atoms with Gasteiger partial charge in [0.1, 0.15) is 11.8 Å². The summed E-state index contributed by atoms with van der Waals surface area (Å²) in [5, 5.41) is 11.4. The molecule has 4 N–H and O–H groups in total. The molecule has 1 aliphatic heterocycles. The van der Waals surface area contributed by atoms with Gasteiger partial charge in [0.2, 0.25) is 10.0 Å². The van der Waals surface area contributed by atoms with Gasteiger partial charge in [0.25, 0.3) is 6.43 Å². The first-order chi connectivity index (χ1) is 20.1. The average Bonchev–Trinajstić information content (AvgIpc) is 3.29. The fourth-order valence-electron chi connectivity index (χ4n) is 4.54. The number of sulfonamides is 1. The van der Waals surface area contributed by atoms with Crippen molar-refractivity contribution < 1.29 is 35.5 Å². The Morgan fingerprint density at radius 3 is 2.49 bits per heavy atom. The van der Waals surface area contributed by atoms with Crippen LogP contribution in [0.15, 0.2) is 47.4 Å². The van der Waals surface area contributed by atoms with Crippen molar-refractivity contribution in [3.05, 3.63) is 52.9 Å². The molecule has 0 spiro atoms. The number of piperidine rings is 1. The molecule has 14 heteroatoms. The monoisotopic (exact) mass is 640 g/mol. The number of benzene rings is 2. The van der Waals surface area contributed by atoms with Crippen LogP contribution in [0.2, 0.25) is 0 Å². The van der Waals surface area contributed by atoms with E-state index in [1.54, 1.807) is 32.9 Å². The topological polar surface area (TPSA) is 114 Å². The number of thiophene rings is 1. The third kappa shape index (κ3) is 8.10. The smallest absolute Gasteiger partial charge is 0.410 e. The normalized spacial score (nSPS) is 18.2. The molecule has 0 bridgehead atoms. The maximum absolute atomic E-state index is 15.2. The Hall–Kier alpha value is -3.54. The molecule has 2 aromatic carbocycles. The number of nitrogens with two attached hydrogens (primary N) is 1. The number of nitrogens with one attached hydrogen (secondary N) is 2. The Kier molecular flexibility index (Phi) is 9.78. The van der Waals surface area contributed by atoms with Gasteiger partial charge in [0.15, 0.2) is 6.17 Å². The van der Waals surface area contributed by atoms with Gasteiger partial charge in [-0.15, -0.1) is 11.3 Å². The molecule has 1 saturated heterocycles. The number of rotatable bonds is 7. The van der Waals surface area contributed by atoms with Crippen LogP contribution in [0.4, 0.5) is 33.7 Å². The first-order valence-electron chi connectivity index (χ1n) is 13.4. The van der Waals surface area contributed by atoms with Crippen LogP contribution < -0.4 is 15.8 Å². The van der Waals surface area contributed by atoms with E-state index in [-0.39, 0.29) is 46.8 Å². The second-order valence-corrected chi connectivity index (χ2v) is 13.6. The Labute approximate surface area is 251 Å². The SMILES string of the molecule is CC(C)(C)OC(=O)N1CCC(Nc2cccc3c(C(F)C(F)F)c(C#CCNc4ccc(S(N)(=O)=O)cc4)sc23)C(F)C1. The summed E-state index contributed by atoms with van der Waals surface area (Å²) in [5.41, 5.74) is 0.0407. The van der Waals surface area contributed by atoms with Crippen molar-refractivity contribution >= 4 is 48.9 Å². The molecule has 4 rings (SSSR count). The van der Waals surface area contributed by atoms with Gasteiger partial charge in [0, 0.05) is 23.2 Å². The molecule has 1 aliphatic rings. The number of likely N-dealkylation sites (tertiary alicyclic amines) is 1. The molecule has 1 aromatic heterocycles. The lowest BCUT2D eigenvalue weighted by molar-refractivity contribution is 0.0125. The number of anilines is 2. The minimum atomic E-state index is -3.84. The van der Waals surface area contributed by atoms with Gasteiger partial charge >= 0.3 is 6.09 Å². The highest BCUT2D eigenvalue weighted by molar-refractivity contribution is 7.89. The summed E-state index contributed by atoms with van der Waals surface area (Å²) < 4.78 is 85.8. The van der Waals surface area contributed by atoms with Gasteiger partial charge in [-0.2, -0.15) is 0 Å². The van der Waals surface area contributed by atoms with Gasteiger partial charge in [0.05, 0.1) is 39.3 Å². The minimum absolute atomic E-state index is 0.0545. The van der Waals surface area contributed by atoms with Crippen molar-refractivity contribution in [2.45, 2.75) is 62.5 Å². The van der Waals surface area contributed by atoms with E-state index in [1.165, 1.54) is 35.2 Å². The molecule has 3 unspecified atom stereocenters. The second kappa shape index (κ2) is 13.0. The number of halogens is 4. The van der Waals surface area contributed by atoms with Crippen LogP contribution in [0.5, 0.6) is 0 Å². The lowest BCUT2D eigenvalue weighted by Crippen LogP contribution is -2.51. The third-order valence-electron chi connectivity index (χ3n) is 6.55. The highest BCUT2D eigenvalue weighted by Gasteiger charge is 2.34. The summed E-state index contributed by atoms with van der Waals surface area (Å²) in [5.74, 6) is 5.57. The second-order valence-electron chi connectivity index (χ2n) is 11.0. The highest BCUT2D eigenvalue weighted by Crippen LogP contribution is 2.42. The zero-order chi connectivity index (χ0) is 31.5. The van der Waals surface area contributed by atoms with E-state index in [0.717, 1.165) is 11.3 Å². The van der Waals surface area contributed by atoms with E-state index < -0.39 is 46.5 Å². The molecule has 8 nitrogen and oxygen atoms in total. The van der Waals surface area contributed by atoms with Crippen LogP contribution in [0.3, 0.4) is 0 Å². The number of carbonyl (C=O) groups is 1. The third-order valence-corrected chi connectivity index (χ3v) is 8.65. The van der Waals surface area contributed by atoms with Crippen LogP contribution in [0.1, 0.15) is 43.8 Å². The molecule has 3 aromatic rings. The summed E-state index contributed by atoms with van der Waals surface area (Å²) in [6.07, 6.45) is -7.63. The van der Waals surface area contributed by atoms with Crippen LogP contribution in [-0.2, 0) is 14.8 Å². The molecule has 3 atom stereocenters. The molecule has 0 radical (unpaired) electrons. The molecular weight excluding hydrogens is 608 g/mol. The lowest BCUT2D eigenvalue weighted by atomic mass is 10.0. The average molecular weight is 641 g/mol. The van der Waals surface area contributed by atoms with Crippen LogP contribution in [0.25, 0.3) is 10.1 Å². The van der Waals surface area contributed by atoms with Crippen LogP contribution >= 0.6 is 11.3 Å². The van der Waals surface area contributed by atoms with E-state index in [9.17, 15) is 26.4 Å². The van der Waals surface area contributed by atoms with E-state index in [1.807, 2.05) is 0 Å². The number of amides is 1. The predicted octanol–water partition coefficient (Wildman–Crippen LogP) is 6.05. The maximum atomic E-state index is 15.2. The number of alkyl halides is 4. The first-order valence-corrected chi connectivity index (χ1v) is 15.7. The number of carbonyl (C=O) groups excluding carboxylic acids is 1. The van der Waals surface area contributed by atoms with Gasteiger partial charge in [-0.1, -0.05) is 24.0 Å². The number of primary sulfonamides is 1. The minimum Gasteiger partial charge on any atom is -0.444 e. The summed E-state index contributed by atoms with van der Waals surface area (Å²) in [6.45, 7) is 5.31. The molecule has 1 fully saturated rings. The molecule has 43 heavy (non-hydrogen) atoms. The zero-order valence-corrected chi connectivity index (χ0v) is 25.3. The molecule has 1 amide bonds. The molecule has 0 saturated carbocycles. The van der Waals surface area contributed by atoms with E-state index in [2.05, 4.69) is 22.5 Å². The van der Waals surface area contributed by atoms with Crippen molar-refractivity contribution in [2.75, 3.05) is 30.3 Å². The molecule has 2 heterocycles. The van der Waals surface area contributed by atoms with Gasteiger partial charge in [-0.3, -0.25) is 0 Å². The van der Waals surface area contributed by atoms with Gasteiger partial charge in [-0.25, -0.2) is 35.9 Å². The Morgan fingerprint density at radius 2 is 1.88 bits per heavy atom. The molecule has 232 valence electrons. The van der Waals surface area contributed by atoms with Crippen molar-refractivity contribution in [3.63, 3.8) is 0 Å². The highest BCUT2D eigenvalue weighted by atomic mass is 32.2. The number of ether oxygens (including phenoxy) is 1.